The molecule has 1 saturated heterocycles. The van der Waals surface area contributed by atoms with Crippen molar-refractivity contribution in [2.75, 3.05) is 44.8 Å². The molecule has 2 aromatic rings. The molecule has 0 unspecified atom stereocenters. The third-order valence-corrected chi connectivity index (χ3v) is 5.08. The van der Waals surface area contributed by atoms with E-state index in [0.717, 1.165) is 23.8 Å². The minimum Gasteiger partial charge on any atom is -0.493 e. The van der Waals surface area contributed by atoms with Crippen LogP contribution in [-0.4, -0.2) is 55.7 Å². The zero-order valence-electron chi connectivity index (χ0n) is 15.3. The molecule has 1 fully saturated rings. The van der Waals surface area contributed by atoms with E-state index in [-0.39, 0.29) is 5.91 Å². The lowest BCUT2D eigenvalue weighted by Crippen LogP contribution is -2.48. The van der Waals surface area contributed by atoms with Crippen molar-refractivity contribution in [2.45, 2.75) is 0 Å². The van der Waals surface area contributed by atoms with E-state index in [2.05, 4.69) is 16.5 Å². The Labute approximate surface area is 163 Å². The second-order valence-electron chi connectivity index (χ2n) is 5.97. The van der Waals surface area contributed by atoms with E-state index in [1.165, 1.54) is 0 Å². The number of anilines is 1. The molecule has 0 saturated carbocycles. The predicted octanol–water partition coefficient (Wildman–Crippen LogP) is 3.08. The van der Waals surface area contributed by atoms with Crippen molar-refractivity contribution in [3.63, 3.8) is 0 Å². The lowest BCUT2D eigenvalue weighted by Gasteiger charge is -2.34. The molecule has 1 amide bonds. The number of carbonyl (C=O) groups is 1. The molecule has 0 N–H and O–H groups in total. The van der Waals surface area contributed by atoms with E-state index < -0.39 is 0 Å². The van der Waals surface area contributed by atoms with Crippen LogP contribution in [-0.2, 0) is 4.79 Å². The Hall–Kier alpha value is -2.80. The molecule has 0 radical (unpaired) electrons. The first-order valence-corrected chi connectivity index (χ1v) is 9.62. The number of benzene rings is 1. The van der Waals surface area contributed by atoms with Crippen LogP contribution in [0.15, 0.2) is 48.5 Å². The number of aromatic nitrogens is 1. The van der Waals surface area contributed by atoms with Gasteiger partial charge in [-0.25, -0.2) is 4.98 Å². The van der Waals surface area contributed by atoms with Crippen LogP contribution < -0.4 is 14.4 Å². The van der Waals surface area contributed by atoms with Crippen LogP contribution in [0.25, 0.3) is 6.08 Å². The second kappa shape index (κ2) is 9.23. The summed E-state index contributed by atoms with van der Waals surface area (Å²) in [6.45, 7) is 7.04. The molecule has 6 nitrogen and oxygen atoms in total. The van der Waals surface area contributed by atoms with Crippen LogP contribution in [0.1, 0.15) is 5.56 Å². The molecule has 0 atom stereocenters. The van der Waals surface area contributed by atoms with Crippen molar-refractivity contribution in [3.8, 4) is 11.5 Å². The highest BCUT2D eigenvalue weighted by atomic mass is 32.1. The van der Waals surface area contributed by atoms with Gasteiger partial charge in [-0.05, 0) is 23.8 Å². The number of thiazole rings is 1. The molecule has 0 spiro atoms. The van der Waals surface area contributed by atoms with E-state index in [4.69, 9.17) is 9.47 Å². The topological polar surface area (TPSA) is 54.9 Å². The minimum absolute atomic E-state index is 0.0136. The Morgan fingerprint density at radius 3 is 2.78 bits per heavy atom. The van der Waals surface area contributed by atoms with Crippen molar-refractivity contribution >= 4 is 28.5 Å². The number of hydrogen-bond donors (Lipinski definition) is 0. The molecule has 0 aliphatic carbocycles. The van der Waals surface area contributed by atoms with Gasteiger partial charge in [-0.15, -0.1) is 11.3 Å². The second-order valence-corrected chi connectivity index (χ2v) is 6.84. The number of hydrogen-bond acceptors (Lipinski definition) is 6. The first-order chi connectivity index (χ1) is 13.2. The van der Waals surface area contributed by atoms with Crippen LogP contribution in [0.2, 0.25) is 0 Å². The van der Waals surface area contributed by atoms with Crippen molar-refractivity contribution < 1.29 is 14.3 Å². The number of piperazine rings is 1. The standard InChI is InChI=1S/C20H23N3O3S/c1-3-13-26-17-6-4-16(15-18(17)25-2)5-7-19(24)22-9-11-23(12-10-22)20-21-8-14-27-20/h3-8,14-15H,1,9-13H2,2H3/b7-5+. The lowest BCUT2D eigenvalue weighted by molar-refractivity contribution is -0.126. The highest BCUT2D eigenvalue weighted by molar-refractivity contribution is 7.13. The Morgan fingerprint density at radius 1 is 1.30 bits per heavy atom. The van der Waals surface area contributed by atoms with Crippen LogP contribution in [0.4, 0.5) is 5.13 Å². The molecule has 142 valence electrons. The molecule has 2 heterocycles. The zero-order chi connectivity index (χ0) is 19.1. The van der Waals surface area contributed by atoms with Gasteiger partial charge in [0.05, 0.1) is 7.11 Å². The average molecular weight is 385 g/mol. The first-order valence-electron chi connectivity index (χ1n) is 8.74. The first kappa shape index (κ1) is 19.0. The summed E-state index contributed by atoms with van der Waals surface area (Å²) in [5.41, 5.74) is 0.882. The Balaban J connectivity index is 1.57. The SMILES string of the molecule is C=CCOc1ccc(/C=C/C(=O)N2CCN(c3nccs3)CC2)cc1OC. The van der Waals surface area contributed by atoms with E-state index in [0.29, 0.717) is 31.2 Å². The summed E-state index contributed by atoms with van der Waals surface area (Å²) in [7, 11) is 1.59. The molecular formula is C20H23N3O3S. The summed E-state index contributed by atoms with van der Waals surface area (Å²) in [6.07, 6.45) is 6.90. The van der Waals surface area contributed by atoms with Gasteiger partial charge in [0.25, 0.3) is 0 Å². The van der Waals surface area contributed by atoms with Gasteiger partial charge >= 0.3 is 0 Å². The summed E-state index contributed by atoms with van der Waals surface area (Å²) in [6, 6.07) is 5.58. The smallest absolute Gasteiger partial charge is 0.246 e. The van der Waals surface area contributed by atoms with Crippen molar-refractivity contribution in [3.05, 3.63) is 54.1 Å². The quantitative estimate of drug-likeness (QED) is 0.542. The van der Waals surface area contributed by atoms with Crippen molar-refractivity contribution in [1.82, 2.24) is 9.88 Å². The van der Waals surface area contributed by atoms with E-state index in [9.17, 15) is 4.79 Å². The fraction of sp³-hybridized carbons (Fsp3) is 0.300. The van der Waals surface area contributed by atoms with Gasteiger partial charge in [0.15, 0.2) is 16.6 Å². The monoisotopic (exact) mass is 385 g/mol. The third-order valence-electron chi connectivity index (χ3n) is 4.24. The summed E-state index contributed by atoms with van der Waals surface area (Å²) >= 11 is 1.63. The molecule has 3 rings (SSSR count). The highest BCUT2D eigenvalue weighted by Crippen LogP contribution is 2.28. The molecule has 27 heavy (non-hydrogen) atoms. The zero-order valence-corrected chi connectivity index (χ0v) is 16.2. The fourth-order valence-corrected chi connectivity index (χ4v) is 3.52. The molecule has 1 aliphatic rings. The normalized spacial score (nSPS) is 14.4. The van der Waals surface area contributed by atoms with Crippen LogP contribution >= 0.6 is 11.3 Å². The largest absolute Gasteiger partial charge is 0.493 e. The van der Waals surface area contributed by atoms with Gasteiger partial charge in [0.2, 0.25) is 5.91 Å². The number of rotatable bonds is 7. The summed E-state index contributed by atoms with van der Waals surface area (Å²) in [5.74, 6) is 1.29. The summed E-state index contributed by atoms with van der Waals surface area (Å²) < 4.78 is 10.9. The molecule has 7 heteroatoms. The number of amides is 1. The summed E-state index contributed by atoms with van der Waals surface area (Å²) in [5, 5.41) is 2.99. The fourth-order valence-electron chi connectivity index (χ4n) is 2.82. The van der Waals surface area contributed by atoms with Gasteiger partial charge in [-0.2, -0.15) is 0 Å². The molecule has 0 bridgehead atoms. The highest BCUT2D eigenvalue weighted by Gasteiger charge is 2.20. The average Bonchev–Trinajstić information content (AvgIpc) is 3.25. The van der Waals surface area contributed by atoms with Gasteiger partial charge in [0.1, 0.15) is 6.61 Å². The number of ether oxygens (including phenoxy) is 2. The van der Waals surface area contributed by atoms with E-state index in [1.807, 2.05) is 34.7 Å². The maximum absolute atomic E-state index is 12.5. The third kappa shape index (κ3) is 4.89. The van der Waals surface area contributed by atoms with Crippen molar-refractivity contribution in [2.24, 2.45) is 0 Å². The van der Waals surface area contributed by atoms with Crippen LogP contribution in [0.3, 0.4) is 0 Å². The Morgan fingerprint density at radius 2 is 2.11 bits per heavy atom. The number of nitrogens with zero attached hydrogens (tertiary/aromatic N) is 3. The molecular weight excluding hydrogens is 362 g/mol. The maximum Gasteiger partial charge on any atom is 0.246 e. The Kier molecular flexibility index (Phi) is 6.49. The van der Waals surface area contributed by atoms with E-state index in [1.54, 1.807) is 36.7 Å². The minimum atomic E-state index is 0.0136. The summed E-state index contributed by atoms with van der Waals surface area (Å²) in [4.78, 5) is 20.9. The Bertz CT molecular complexity index is 797. The number of methoxy groups -OCH3 is 1. The van der Waals surface area contributed by atoms with Gasteiger partial charge in [-0.1, -0.05) is 18.7 Å². The van der Waals surface area contributed by atoms with Gasteiger partial charge in [0, 0.05) is 43.8 Å². The van der Waals surface area contributed by atoms with Gasteiger partial charge < -0.3 is 19.3 Å². The van der Waals surface area contributed by atoms with Crippen LogP contribution in [0, 0.1) is 0 Å². The lowest BCUT2D eigenvalue weighted by atomic mass is 10.2. The van der Waals surface area contributed by atoms with E-state index >= 15 is 0 Å². The van der Waals surface area contributed by atoms with Gasteiger partial charge in [-0.3, -0.25) is 4.79 Å². The number of carbonyl (C=O) groups excluding carboxylic acids is 1. The maximum atomic E-state index is 12.5. The molecule has 1 aromatic heterocycles. The predicted molar refractivity (Wildman–Crippen MR) is 109 cm³/mol. The van der Waals surface area contributed by atoms with Crippen molar-refractivity contribution in [1.29, 1.82) is 0 Å². The molecule has 1 aromatic carbocycles. The molecule has 1 aliphatic heterocycles. The van der Waals surface area contributed by atoms with Crippen LogP contribution in [0.5, 0.6) is 11.5 Å².